The summed E-state index contributed by atoms with van der Waals surface area (Å²) in [6, 6.07) is -0.337. The number of amides is 3. The molecule has 0 aromatic carbocycles. The third-order valence-electron chi connectivity index (χ3n) is 2.33. The first-order valence-electron chi connectivity index (χ1n) is 5.31. The van der Waals surface area contributed by atoms with Crippen LogP contribution in [0, 0.1) is 0 Å². The number of carbonyl (C=O) groups excluding carboxylic acids is 3. The van der Waals surface area contributed by atoms with E-state index in [-0.39, 0.29) is 35.3 Å². The number of ether oxygens (including phenoxy) is 1. The van der Waals surface area contributed by atoms with E-state index in [9.17, 15) is 14.4 Å². The average Bonchev–Trinajstić information content (AvgIpc) is 2.72. The molecule has 3 amide bonds. The number of rotatable bonds is 5. The lowest BCUT2D eigenvalue weighted by Crippen LogP contribution is -2.35. The molecule has 1 heterocycles. The number of esters is 1. The number of methoxy groups -OCH3 is 1. The normalized spacial score (nSPS) is 16.6. The second kappa shape index (κ2) is 6.48. The van der Waals surface area contributed by atoms with E-state index in [1.807, 2.05) is 6.92 Å². The van der Waals surface area contributed by atoms with Crippen LogP contribution < -0.4 is 5.32 Å². The van der Waals surface area contributed by atoms with Gasteiger partial charge in [0.2, 0.25) is 5.91 Å². The molecule has 96 valence electrons. The van der Waals surface area contributed by atoms with Gasteiger partial charge in [-0.1, -0.05) is 6.92 Å². The molecule has 1 aliphatic heterocycles. The standard InChI is InChI=1S/C10H16N2O4S/c1-7(5-9(14)16-2)17-6-8(13)12-4-3-11-10(12)15/h7H,3-6H2,1-2H3,(H,11,15). The van der Waals surface area contributed by atoms with Crippen molar-refractivity contribution in [2.75, 3.05) is 26.0 Å². The summed E-state index contributed by atoms with van der Waals surface area (Å²) in [5.74, 6) is -0.316. The van der Waals surface area contributed by atoms with Gasteiger partial charge in [0, 0.05) is 18.3 Å². The molecule has 0 aromatic rings. The Balaban J connectivity index is 2.28. The Hall–Kier alpha value is -1.24. The van der Waals surface area contributed by atoms with Gasteiger partial charge < -0.3 is 10.1 Å². The molecule has 0 saturated carbocycles. The van der Waals surface area contributed by atoms with Gasteiger partial charge >= 0.3 is 12.0 Å². The number of nitrogens with one attached hydrogen (secondary N) is 1. The zero-order valence-electron chi connectivity index (χ0n) is 9.89. The van der Waals surface area contributed by atoms with Crippen molar-refractivity contribution in [3.8, 4) is 0 Å². The van der Waals surface area contributed by atoms with Crippen LogP contribution in [0.5, 0.6) is 0 Å². The van der Waals surface area contributed by atoms with Gasteiger partial charge in [0.05, 0.1) is 19.3 Å². The Bertz CT molecular complexity index is 321. The van der Waals surface area contributed by atoms with E-state index in [1.54, 1.807) is 0 Å². The molecule has 1 N–H and O–H groups in total. The Morgan fingerprint density at radius 3 is 2.82 bits per heavy atom. The van der Waals surface area contributed by atoms with Crippen molar-refractivity contribution in [1.82, 2.24) is 10.2 Å². The molecule has 0 radical (unpaired) electrons. The molecule has 1 unspecified atom stereocenters. The molecule has 1 aliphatic rings. The second-order valence-corrected chi connectivity index (χ2v) is 5.11. The summed E-state index contributed by atoms with van der Waals surface area (Å²) in [6.45, 7) is 2.77. The molecule has 1 fully saturated rings. The maximum Gasteiger partial charge on any atom is 0.324 e. The van der Waals surface area contributed by atoms with Crippen LogP contribution in [0.25, 0.3) is 0 Å². The summed E-state index contributed by atoms with van der Waals surface area (Å²) in [4.78, 5) is 35.0. The lowest BCUT2D eigenvalue weighted by atomic mass is 10.3. The fraction of sp³-hybridized carbons (Fsp3) is 0.700. The molecule has 0 aromatic heterocycles. The van der Waals surface area contributed by atoms with Crippen LogP contribution in [-0.2, 0) is 14.3 Å². The van der Waals surface area contributed by atoms with Crippen LogP contribution in [0.2, 0.25) is 0 Å². The van der Waals surface area contributed by atoms with Gasteiger partial charge in [-0.3, -0.25) is 14.5 Å². The van der Waals surface area contributed by atoms with Crippen molar-refractivity contribution < 1.29 is 19.1 Å². The van der Waals surface area contributed by atoms with Crippen molar-refractivity contribution in [3.05, 3.63) is 0 Å². The van der Waals surface area contributed by atoms with Crippen molar-refractivity contribution in [1.29, 1.82) is 0 Å². The fourth-order valence-corrected chi connectivity index (χ4v) is 2.21. The number of carbonyl (C=O) groups is 3. The molecule has 1 saturated heterocycles. The Morgan fingerprint density at radius 2 is 2.29 bits per heavy atom. The fourth-order valence-electron chi connectivity index (χ4n) is 1.38. The molecule has 17 heavy (non-hydrogen) atoms. The molecule has 0 aliphatic carbocycles. The second-order valence-electron chi connectivity index (χ2n) is 3.68. The molecular weight excluding hydrogens is 244 g/mol. The zero-order valence-corrected chi connectivity index (χ0v) is 10.7. The predicted molar refractivity (Wildman–Crippen MR) is 63.7 cm³/mol. The van der Waals surface area contributed by atoms with Crippen molar-refractivity contribution in [2.45, 2.75) is 18.6 Å². The highest BCUT2D eigenvalue weighted by Crippen LogP contribution is 2.15. The summed E-state index contributed by atoms with van der Waals surface area (Å²) >= 11 is 1.35. The molecule has 7 heteroatoms. The Labute approximate surface area is 104 Å². The van der Waals surface area contributed by atoms with E-state index in [0.29, 0.717) is 13.1 Å². The van der Waals surface area contributed by atoms with Crippen LogP contribution in [0.1, 0.15) is 13.3 Å². The van der Waals surface area contributed by atoms with Crippen LogP contribution in [-0.4, -0.2) is 54.0 Å². The van der Waals surface area contributed by atoms with E-state index >= 15 is 0 Å². The minimum atomic E-state index is -0.337. The Morgan fingerprint density at radius 1 is 1.59 bits per heavy atom. The van der Waals surface area contributed by atoms with Gasteiger partial charge in [-0.05, 0) is 0 Å². The van der Waals surface area contributed by atoms with E-state index in [0.717, 1.165) is 0 Å². The molecular formula is C10H16N2O4S. The highest BCUT2D eigenvalue weighted by atomic mass is 32.2. The molecule has 0 spiro atoms. The average molecular weight is 260 g/mol. The SMILES string of the molecule is COC(=O)CC(C)SCC(=O)N1CCNC1=O. The van der Waals surface area contributed by atoms with Gasteiger partial charge in [0.1, 0.15) is 0 Å². The van der Waals surface area contributed by atoms with Gasteiger partial charge in [-0.25, -0.2) is 4.79 Å². The topological polar surface area (TPSA) is 75.7 Å². The highest BCUT2D eigenvalue weighted by molar-refractivity contribution is 8.00. The first kappa shape index (κ1) is 13.8. The van der Waals surface area contributed by atoms with Gasteiger partial charge in [-0.2, -0.15) is 0 Å². The third-order valence-corrected chi connectivity index (χ3v) is 3.48. The summed E-state index contributed by atoms with van der Waals surface area (Å²) in [5.41, 5.74) is 0. The third kappa shape index (κ3) is 4.26. The first-order valence-corrected chi connectivity index (χ1v) is 6.36. The lowest BCUT2D eigenvalue weighted by Gasteiger charge is -2.14. The van der Waals surface area contributed by atoms with E-state index < -0.39 is 0 Å². The van der Waals surface area contributed by atoms with Crippen molar-refractivity contribution in [2.24, 2.45) is 0 Å². The van der Waals surface area contributed by atoms with Crippen LogP contribution in [0.3, 0.4) is 0 Å². The van der Waals surface area contributed by atoms with Gasteiger partial charge in [0.25, 0.3) is 0 Å². The maximum atomic E-state index is 11.6. The number of nitrogens with zero attached hydrogens (tertiary/aromatic N) is 1. The first-order chi connectivity index (χ1) is 8.04. The monoisotopic (exact) mass is 260 g/mol. The summed E-state index contributed by atoms with van der Waals surface area (Å²) < 4.78 is 4.53. The van der Waals surface area contributed by atoms with Crippen molar-refractivity contribution >= 4 is 29.7 Å². The Kier molecular flexibility index (Phi) is 5.27. The number of thioether (sulfide) groups is 1. The molecule has 1 rings (SSSR count). The predicted octanol–water partition coefficient (Wildman–Crippen LogP) is 0.223. The number of imide groups is 1. The molecule has 6 nitrogen and oxygen atoms in total. The number of urea groups is 1. The largest absolute Gasteiger partial charge is 0.469 e. The molecule has 1 atom stereocenters. The van der Waals surface area contributed by atoms with Crippen LogP contribution in [0.4, 0.5) is 4.79 Å². The number of hydrogen-bond donors (Lipinski definition) is 1. The summed E-state index contributed by atoms with van der Waals surface area (Å²) in [7, 11) is 1.33. The van der Waals surface area contributed by atoms with E-state index in [1.165, 1.54) is 23.8 Å². The quantitative estimate of drug-likeness (QED) is 0.716. The van der Waals surface area contributed by atoms with Gasteiger partial charge in [0.15, 0.2) is 0 Å². The summed E-state index contributed by atoms with van der Waals surface area (Å²) in [6.07, 6.45) is 0.265. The highest BCUT2D eigenvalue weighted by Gasteiger charge is 2.26. The van der Waals surface area contributed by atoms with Crippen LogP contribution in [0.15, 0.2) is 0 Å². The number of hydrogen-bond acceptors (Lipinski definition) is 5. The van der Waals surface area contributed by atoms with Crippen LogP contribution >= 0.6 is 11.8 Å². The molecule has 0 bridgehead atoms. The minimum Gasteiger partial charge on any atom is -0.469 e. The van der Waals surface area contributed by atoms with E-state index in [2.05, 4.69) is 10.1 Å². The van der Waals surface area contributed by atoms with Gasteiger partial charge in [-0.15, -0.1) is 11.8 Å². The smallest absolute Gasteiger partial charge is 0.324 e. The van der Waals surface area contributed by atoms with Crippen molar-refractivity contribution in [3.63, 3.8) is 0 Å². The maximum absolute atomic E-state index is 11.6. The summed E-state index contributed by atoms with van der Waals surface area (Å²) in [5, 5.41) is 2.56. The lowest BCUT2D eigenvalue weighted by molar-refractivity contribution is -0.140. The minimum absolute atomic E-state index is 0.00272. The zero-order chi connectivity index (χ0) is 12.8. The van der Waals surface area contributed by atoms with E-state index in [4.69, 9.17) is 0 Å².